The maximum atomic E-state index is 11.6. The fourth-order valence-electron chi connectivity index (χ4n) is 3.84. The van der Waals surface area contributed by atoms with Crippen LogP contribution in [0.25, 0.3) is 11.0 Å². The van der Waals surface area contributed by atoms with E-state index >= 15 is 0 Å². The number of hydrogen-bond acceptors (Lipinski definition) is 4. The molecule has 1 unspecified atom stereocenters. The molecular weight excluding hydrogens is 292 g/mol. The summed E-state index contributed by atoms with van der Waals surface area (Å²) in [6, 6.07) is 6.16. The number of benzene rings is 1. The number of H-pyrrole nitrogens is 1. The number of aromatic nitrogens is 2. The van der Waals surface area contributed by atoms with Gasteiger partial charge in [0.1, 0.15) is 11.3 Å². The van der Waals surface area contributed by atoms with E-state index in [1.807, 2.05) is 12.1 Å². The number of carbonyl (C=O) groups excluding carboxylic acids is 1. The van der Waals surface area contributed by atoms with Crippen LogP contribution in [0.4, 0.5) is 0 Å². The van der Waals surface area contributed by atoms with Crippen LogP contribution in [0.5, 0.6) is 0 Å². The summed E-state index contributed by atoms with van der Waals surface area (Å²) in [5.74, 6) is 0.943. The van der Waals surface area contributed by atoms with Crippen molar-refractivity contribution in [3.63, 3.8) is 0 Å². The summed E-state index contributed by atoms with van der Waals surface area (Å²) in [4.78, 5) is 22.2. The van der Waals surface area contributed by atoms with Gasteiger partial charge in [0.2, 0.25) is 0 Å². The van der Waals surface area contributed by atoms with Crippen molar-refractivity contribution in [3.05, 3.63) is 29.6 Å². The number of para-hydroxylation sites is 1. The Labute approximate surface area is 135 Å². The smallest absolute Gasteiger partial charge is 0.250 e. The van der Waals surface area contributed by atoms with Crippen molar-refractivity contribution >= 4 is 16.9 Å². The molecule has 0 saturated carbocycles. The fourth-order valence-corrected chi connectivity index (χ4v) is 3.84. The van der Waals surface area contributed by atoms with Gasteiger partial charge in [-0.05, 0) is 37.9 Å². The Kier molecular flexibility index (Phi) is 3.79. The van der Waals surface area contributed by atoms with Crippen molar-refractivity contribution in [2.75, 3.05) is 26.3 Å². The van der Waals surface area contributed by atoms with E-state index in [1.54, 1.807) is 6.07 Å². The third-order valence-corrected chi connectivity index (χ3v) is 5.11. The highest BCUT2D eigenvalue weighted by atomic mass is 16.5. The van der Waals surface area contributed by atoms with E-state index in [-0.39, 0.29) is 0 Å². The molecule has 1 aromatic carbocycles. The third-order valence-electron chi connectivity index (χ3n) is 5.11. The molecule has 4 rings (SSSR count). The lowest BCUT2D eigenvalue weighted by Crippen LogP contribution is -2.37. The molecule has 2 aliphatic rings. The minimum absolute atomic E-state index is 0.394. The highest BCUT2D eigenvalue weighted by Crippen LogP contribution is 2.30. The van der Waals surface area contributed by atoms with Crippen LogP contribution in [-0.4, -0.2) is 53.1 Å². The molecule has 0 bridgehead atoms. The number of likely N-dealkylation sites (tertiary alicyclic amines) is 1. The van der Waals surface area contributed by atoms with Gasteiger partial charge in [0.15, 0.2) is 0 Å². The van der Waals surface area contributed by atoms with Gasteiger partial charge in [0, 0.05) is 31.7 Å². The summed E-state index contributed by atoms with van der Waals surface area (Å²) >= 11 is 0. The SMILES string of the molecule is NC(=O)c1cccc2[nH]c(C3CCN(C4CCOCC4)C3)nc12. The number of ether oxygens (including phenoxy) is 1. The topological polar surface area (TPSA) is 84.2 Å². The quantitative estimate of drug-likeness (QED) is 0.902. The lowest BCUT2D eigenvalue weighted by Gasteiger charge is -2.30. The predicted molar refractivity (Wildman–Crippen MR) is 87.4 cm³/mol. The number of fused-ring (bicyclic) bond motifs is 1. The predicted octanol–water partition coefficient (Wildman–Crippen LogP) is 1.63. The molecule has 2 aromatic rings. The molecule has 3 N–H and O–H groups in total. The molecule has 6 nitrogen and oxygen atoms in total. The third kappa shape index (κ3) is 2.72. The number of imidazole rings is 1. The highest BCUT2D eigenvalue weighted by Gasteiger charge is 2.31. The van der Waals surface area contributed by atoms with Crippen LogP contribution in [0.1, 0.15) is 41.4 Å². The maximum Gasteiger partial charge on any atom is 0.250 e. The van der Waals surface area contributed by atoms with Gasteiger partial charge in [-0.2, -0.15) is 0 Å². The van der Waals surface area contributed by atoms with Crippen molar-refractivity contribution in [3.8, 4) is 0 Å². The lowest BCUT2D eigenvalue weighted by molar-refractivity contribution is 0.0419. The monoisotopic (exact) mass is 314 g/mol. The van der Waals surface area contributed by atoms with Crippen molar-refractivity contribution < 1.29 is 9.53 Å². The zero-order valence-electron chi connectivity index (χ0n) is 13.1. The largest absolute Gasteiger partial charge is 0.381 e. The number of hydrogen-bond donors (Lipinski definition) is 2. The number of nitrogens with one attached hydrogen (secondary N) is 1. The zero-order chi connectivity index (χ0) is 15.8. The molecule has 2 fully saturated rings. The first-order valence-electron chi connectivity index (χ1n) is 8.32. The molecule has 0 aliphatic carbocycles. The summed E-state index contributed by atoms with van der Waals surface area (Å²) in [7, 11) is 0. The van der Waals surface area contributed by atoms with E-state index in [4.69, 9.17) is 10.5 Å². The van der Waals surface area contributed by atoms with Crippen LogP contribution < -0.4 is 5.73 Å². The van der Waals surface area contributed by atoms with E-state index in [0.717, 1.165) is 56.9 Å². The molecule has 1 atom stereocenters. The summed E-state index contributed by atoms with van der Waals surface area (Å²) in [5, 5.41) is 0. The summed E-state index contributed by atoms with van der Waals surface area (Å²) < 4.78 is 5.46. The second-order valence-corrected chi connectivity index (χ2v) is 6.51. The van der Waals surface area contributed by atoms with Crippen LogP contribution in [0, 0.1) is 0 Å². The van der Waals surface area contributed by atoms with Crippen LogP contribution in [0.2, 0.25) is 0 Å². The standard InChI is InChI=1S/C17H22N4O2/c18-16(22)13-2-1-3-14-15(13)20-17(19-14)11-4-7-21(10-11)12-5-8-23-9-6-12/h1-3,11-12H,4-10H2,(H2,18,22)(H,19,20). The second-order valence-electron chi connectivity index (χ2n) is 6.51. The Bertz CT molecular complexity index is 720. The molecule has 122 valence electrons. The molecule has 6 heteroatoms. The van der Waals surface area contributed by atoms with Gasteiger partial charge >= 0.3 is 0 Å². The number of amides is 1. The van der Waals surface area contributed by atoms with Gasteiger partial charge in [0.25, 0.3) is 5.91 Å². The van der Waals surface area contributed by atoms with E-state index < -0.39 is 5.91 Å². The lowest BCUT2D eigenvalue weighted by atomic mass is 10.1. The first-order chi connectivity index (χ1) is 11.2. The molecule has 2 aliphatic heterocycles. The molecule has 2 saturated heterocycles. The average molecular weight is 314 g/mol. The molecule has 1 amide bonds. The summed E-state index contributed by atoms with van der Waals surface area (Å²) in [5.41, 5.74) is 7.52. The Morgan fingerprint density at radius 2 is 2.13 bits per heavy atom. The van der Waals surface area contributed by atoms with Crippen molar-refractivity contribution in [1.29, 1.82) is 0 Å². The Morgan fingerprint density at radius 1 is 1.30 bits per heavy atom. The molecule has 1 aromatic heterocycles. The van der Waals surface area contributed by atoms with Crippen LogP contribution in [0.3, 0.4) is 0 Å². The van der Waals surface area contributed by atoms with Crippen molar-refractivity contribution in [1.82, 2.24) is 14.9 Å². The number of rotatable bonds is 3. The Balaban J connectivity index is 1.55. The minimum atomic E-state index is -0.427. The molecule has 0 spiro atoms. The second kappa shape index (κ2) is 5.94. The van der Waals surface area contributed by atoms with Crippen molar-refractivity contribution in [2.45, 2.75) is 31.2 Å². The maximum absolute atomic E-state index is 11.6. The Morgan fingerprint density at radius 3 is 2.91 bits per heavy atom. The van der Waals surface area contributed by atoms with Gasteiger partial charge in [-0.25, -0.2) is 4.98 Å². The van der Waals surface area contributed by atoms with Gasteiger partial charge in [0.05, 0.1) is 11.1 Å². The van der Waals surface area contributed by atoms with Crippen LogP contribution in [0.15, 0.2) is 18.2 Å². The number of nitrogens with two attached hydrogens (primary N) is 1. The molecule has 0 radical (unpaired) electrons. The van der Waals surface area contributed by atoms with E-state index in [9.17, 15) is 4.79 Å². The van der Waals surface area contributed by atoms with E-state index in [2.05, 4.69) is 14.9 Å². The fraction of sp³-hybridized carbons (Fsp3) is 0.529. The molecular formula is C17H22N4O2. The van der Waals surface area contributed by atoms with Gasteiger partial charge in [-0.15, -0.1) is 0 Å². The number of nitrogens with zero attached hydrogens (tertiary/aromatic N) is 2. The molecule has 23 heavy (non-hydrogen) atoms. The summed E-state index contributed by atoms with van der Waals surface area (Å²) in [6.07, 6.45) is 3.35. The van der Waals surface area contributed by atoms with Crippen LogP contribution in [-0.2, 0) is 4.74 Å². The van der Waals surface area contributed by atoms with Crippen molar-refractivity contribution in [2.24, 2.45) is 5.73 Å². The zero-order valence-corrected chi connectivity index (χ0v) is 13.1. The number of primary amides is 1. The Hall–Kier alpha value is -1.92. The van der Waals surface area contributed by atoms with Gasteiger partial charge in [-0.1, -0.05) is 6.07 Å². The number of aromatic amines is 1. The van der Waals surface area contributed by atoms with E-state index in [0.29, 0.717) is 23.0 Å². The minimum Gasteiger partial charge on any atom is -0.381 e. The first kappa shape index (κ1) is 14.7. The molecule has 3 heterocycles. The van der Waals surface area contributed by atoms with E-state index in [1.165, 1.54) is 0 Å². The first-order valence-corrected chi connectivity index (χ1v) is 8.32. The highest BCUT2D eigenvalue weighted by molar-refractivity contribution is 6.04. The normalized spacial score (nSPS) is 23.6. The van der Waals surface area contributed by atoms with Gasteiger partial charge in [-0.3, -0.25) is 9.69 Å². The average Bonchev–Trinajstić information content (AvgIpc) is 3.21. The van der Waals surface area contributed by atoms with Gasteiger partial charge < -0.3 is 15.5 Å². The number of carbonyl (C=O) groups is 1. The van der Waals surface area contributed by atoms with Crippen LogP contribution >= 0.6 is 0 Å². The summed E-state index contributed by atoms with van der Waals surface area (Å²) in [6.45, 7) is 3.88.